The zero-order valence-corrected chi connectivity index (χ0v) is 10.6. The SMILES string of the molecule is CC(=O)/C=C(/C)O.CC(O)C(=O)O.N.[Ti]. The number of aliphatic hydroxyl groups is 2. The maximum atomic E-state index is 10.0. The number of allylic oxidation sites excluding steroid dienone is 2. The molecular formula is C8H17NO5Ti. The Morgan fingerprint density at radius 1 is 1.20 bits per heavy atom. The molecule has 0 bridgehead atoms. The van der Waals surface area contributed by atoms with Crippen LogP contribution in [0.5, 0.6) is 0 Å². The number of carbonyl (C=O) groups excluding carboxylic acids is 1. The minimum absolute atomic E-state index is 0. The number of hydrogen-bond acceptors (Lipinski definition) is 5. The van der Waals surface area contributed by atoms with E-state index in [1.807, 2.05) is 0 Å². The van der Waals surface area contributed by atoms with Gasteiger partial charge in [0.05, 0.1) is 5.76 Å². The minimum Gasteiger partial charge on any atom is -0.512 e. The van der Waals surface area contributed by atoms with Crippen molar-refractivity contribution in [2.45, 2.75) is 26.9 Å². The first-order valence-corrected chi connectivity index (χ1v) is 3.56. The molecule has 7 heteroatoms. The van der Waals surface area contributed by atoms with Crippen LogP contribution in [-0.4, -0.2) is 33.2 Å². The van der Waals surface area contributed by atoms with Crippen LogP contribution in [0.3, 0.4) is 0 Å². The maximum Gasteiger partial charge on any atom is 0.332 e. The van der Waals surface area contributed by atoms with E-state index in [2.05, 4.69) is 0 Å². The van der Waals surface area contributed by atoms with E-state index < -0.39 is 12.1 Å². The molecule has 1 unspecified atom stereocenters. The van der Waals surface area contributed by atoms with Crippen LogP contribution in [0.4, 0.5) is 0 Å². The van der Waals surface area contributed by atoms with Crippen LogP contribution in [0.15, 0.2) is 11.8 Å². The quantitative estimate of drug-likeness (QED) is 0.325. The van der Waals surface area contributed by atoms with Crippen LogP contribution < -0.4 is 6.15 Å². The van der Waals surface area contributed by atoms with Gasteiger partial charge in [-0.2, -0.15) is 0 Å². The molecule has 88 valence electrons. The summed E-state index contributed by atoms with van der Waals surface area (Å²) in [6.45, 7) is 4.05. The molecule has 15 heavy (non-hydrogen) atoms. The fourth-order valence-electron chi connectivity index (χ4n) is 0.294. The maximum absolute atomic E-state index is 10.0. The second-order valence-corrected chi connectivity index (χ2v) is 2.41. The van der Waals surface area contributed by atoms with Gasteiger partial charge in [0.1, 0.15) is 6.10 Å². The molecule has 6 N–H and O–H groups in total. The predicted molar refractivity (Wildman–Crippen MR) is 51.4 cm³/mol. The fraction of sp³-hybridized carbons (Fsp3) is 0.500. The largest absolute Gasteiger partial charge is 0.512 e. The van der Waals surface area contributed by atoms with Crippen LogP contribution in [0.1, 0.15) is 20.8 Å². The average molecular weight is 255 g/mol. The summed E-state index contributed by atoms with van der Waals surface area (Å²) in [5.41, 5.74) is 0. The van der Waals surface area contributed by atoms with Crippen molar-refractivity contribution in [3.63, 3.8) is 0 Å². The standard InChI is InChI=1S/C5H8O2.C3H6O3.H3N.Ti/c1-4(6)3-5(2)7;1-2(4)3(5)6;;/h3,6H,1-2H3;2,4H,1H3,(H,5,6);1H3;/b4-3-;;;. The van der Waals surface area contributed by atoms with Gasteiger partial charge in [0.15, 0.2) is 5.78 Å². The second kappa shape index (κ2) is 13.3. The van der Waals surface area contributed by atoms with Gasteiger partial charge in [0.25, 0.3) is 0 Å². The van der Waals surface area contributed by atoms with Gasteiger partial charge in [0, 0.05) is 27.8 Å². The first-order chi connectivity index (χ1) is 5.77. The normalized spacial score (nSPS) is 10.8. The Morgan fingerprint density at radius 3 is 1.47 bits per heavy atom. The molecule has 0 amide bonds. The summed E-state index contributed by atoms with van der Waals surface area (Å²) in [6, 6.07) is 0. The van der Waals surface area contributed by atoms with E-state index in [0.717, 1.165) is 0 Å². The summed E-state index contributed by atoms with van der Waals surface area (Å²) in [5, 5.41) is 24.1. The van der Waals surface area contributed by atoms with E-state index in [1.54, 1.807) is 0 Å². The number of aliphatic carboxylic acids is 1. The monoisotopic (exact) mass is 255 g/mol. The molecule has 0 aliphatic heterocycles. The van der Waals surface area contributed by atoms with E-state index in [9.17, 15) is 9.59 Å². The van der Waals surface area contributed by atoms with Crippen LogP contribution >= 0.6 is 0 Å². The third kappa shape index (κ3) is 31.9. The molecule has 0 aliphatic carbocycles. The molecule has 6 nitrogen and oxygen atoms in total. The Labute approximate surface area is 103 Å². The molecule has 1 atom stereocenters. The number of carboxylic acid groups (broad SMARTS) is 1. The van der Waals surface area contributed by atoms with Crippen molar-refractivity contribution in [1.29, 1.82) is 0 Å². The average Bonchev–Trinajstić information content (AvgIpc) is 1.84. The topological polar surface area (TPSA) is 130 Å². The van der Waals surface area contributed by atoms with Crippen LogP contribution in [0.2, 0.25) is 0 Å². The number of hydrogen-bond donors (Lipinski definition) is 4. The van der Waals surface area contributed by atoms with Crippen molar-refractivity contribution >= 4 is 11.8 Å². The van der Waals surface area contributed by atoms with Gasteiger partial charge < -0.3 is 21.5 Å². The van der Waals surface area contributed by atoms with Crippen LogP contribution in [0.25, 0.3) is 0 Å². The number of aliphatic hydroxyl groups excluding tert-OH is 2. The molecular weight excluding hydrogens is 238 g/mol. The zero-order chi connectivity index (χ0) is 11.0. The molecule has 0 radical (unpaired) electrons. The first kappa shape index (κ1) is 23.9. The first-order valence-electron chi connectivity index (χ1n) is 3.56. The molecule has 0 aromatic carbocycles. The van der Waals surface area contributed by atoms with Crippen molar-refractivity contribution in [2.24, 2.45) is 0 Å². The fourth-order valence-corrected chi connectivity index (χ4v) is 0.294. The van der Waals surface area contributed by atoms with Crippen LogP contribution in [0, 0.1) is 0 Å². The van der Waals surface area contributed by atoms with E-state index in [0.29, 0.717) is 0 Å². The van der Waals surface area contributed by atoms with E-state index in [-0.39, 0.29) is 39.4 Å². The van der Waals surface area contributed by atoms with E-state index >= 15 is 0 Å². The number of ketones is 1. The van der Waals surface area contributed by atoms with Gasteiger partial charge in [-0.15, -0.1) is 0 Å². The molecule has 0 fully saturated rings. The number of carboxylic acids is 1. The van der Waals surface area contributed by atoms with Gasteiger partial charge in [-0.05, 0) is 20.8 Å². The van der Waals surface area contributed by atoms with Crippen molar-refractivity contribution in [1.82, 2.24) is 6.15 Å². The Hall–Kier alpha value is -0.686. The third-order valence-electron chi connectivity index (χ3n) is 0.770. The smallest absolute Gasteiger partial charge is 0.332 e. The molecule has 0 heterocycles. The Kier molecular flexibility index (Phi) is 21.2. The molecule has 0 aromatic rings. The van der Waals surface area contributed by atoms with E-state index in [4.69, 9.17) is 15.3 Å². The van der Waals surface area contributed by atoms with Gasteiger partial charge in [-0.3, -0.25) is 4.79 Å². The molecule has 0 saturated carbocycles. The molecule has 0 aromatic heterocycles. The Balaban J connectivity index is -0.0000000718. The van der Waals surface area contributed by atoms with Crippen LogP contribution in [-0.2, 0) is 31.3 Å². The number of rotatable bonds is 2. The summed E-state index contributed by atoms with van der Waals surface area (Å²) in [7, 11) is 0. The van der Waals surface area contributed by atoms with Gasteiger partial charge in [-0.1, -0.05) is 0 Å². The number of carbonyl (C=O) groups is 2. The Morgan fingerprint density at radius 2 is 1.47 bits per heavy atom. The Bertz CT molecular complexity index is 211. The van der Waals surface area contributed by atoms with Gasteiger partial charge in [-0.25, -0.2) is 4.79 Å². The molecule has 0 saturated heterocycles. The molecule has 0 aliphatic rings. The summed E-state index contributed by atoms with van der Waals surface area (Å²) < 4.78 is 0. The van der Waals surface area contributed by atoms with Crippen molar-refractivity contribution in [3.8, 4) is 0 Å². The van der Waals surface area contributed by atoms with Crippen molar-refractivity contribution in [2.75, 3.05) is 0 Å². The summed E-state index contributed by atoms with van der Waals surface area (Å²) >= 11 is 0. The minimum atomic E-state index is -1.23. The summed E-state index contributed by atoms with van der Waals surface area (Å²) in [6.07, 6.45) is -0.0648. The third-order valence-corrected chi connectivity index (χ3v) is 0.770. The van der Waals surface area contributed by atoms with Crippen molar-refractivity contribution < 1.29 is 46.6 Å². The second-order valence-electron chi connectivity index (χ2n) is 2.41. The van der Waals surface area contributed by atoms with E-state index in [1.165, 1.54) is 26.8 Å². The summed E-state index contributed by atoms with van der Waals surface area (Å²) in [4.78, 5) is 19.5. The van der Waals surface area contributed by atoms with Crippen molar-refractivity contribution in [3.05, 3.63) is 11.8 Å². The van der Waals surface area contributed by atoms with Gasteiger partial charge >= 0.3 is 5.97 Å². The molecule has 0 spiro atoms. The van der Waals surface area contributed by atoms with Gasteiger partial charge in [0.2, 0.25) is 0 Å². The predicted octanol–water partition coefficient (Wildman–Crippen LogP) is 0.649. The molecule has 0 rings (SSSR count). The summed E-state index contributed by atoms with van der Waals surface area (Å²) in [5.74, 6) is -1.25. The zero-order valence-electron chi connectivity index (χ0n) is 9.02.